The molecule has 0 unspecified atom stereocenters. The lowest BCUT2D eigenvalue weighted by Crippen LogP contribution is -2.54. The highest BCUT2D eigenvalue weighted by molar-refractivity contribution is 5.80. The molecule has 0 aromatic rings. The van der Waals surface area contributed by atoms with E-state index in [1.54, 1.807) is 0 Å². The largest absolute Gasteiger partial charge is 0.351 e. The van der Waals surface area contributed by atoms with Crippen LogP contribution in [0.4, 0.5) is 0 Å². The maximum Gasteiger partial charge on any atom is 0.226 e. The van der Waals surface area contributed by atoms with E-state index < -0.39 is 0 Å². The van der Waals surface area contributed by atoms with Gasteiger partial charge in [-0.3, -0.25) is 4.79 Å². The summed E-state index contributed by atoms with van der Waals surface area (Å²) in [4.78, 5) is 11.3. The third-order valence-electron chi connectivity index (χ3n) is 1.65. The summed E-state index contributed by atoms with van der Waals surface area (Å²) in [5.74, 6) is 0.380. The van der Waals surface area contributed by atoms with Crippen molar-refractivity contribution >= 4 is 5.91 Å². The van der Waals surface area contributed by atoms with Gasteiger partial charge in [0.2, 0.25) is 5.91 Å². The van der Waals surface area contributed by atoms with Crippen LogP contribution in [0, 0.1) is 5.92 Å². The van der Waals surface area contributed by atoms with Gasteiger partial charge in [0.1, 0.15) is 0 Å². The summed E-state index contributed by atoms with van der Waals surface area (Å²) in [5.41, 5.74) is -0.0906. The number of carbonyl (C=O) groups is 1. The molecule has 0 bridgehead atoms. The maximum atomic E-state index is 11.3. The average Bonchev–Trinajstić information content (AvgIpc) is 1.50. The number of carbonyl (C=O) groups excluding carboxylic acids is 1. The molecule has 3 nitrogen and oxygen atoms in total. The number of nitrogens with one attached hydrogen (secondary N) is 2. The summed E-state index contributed by atoms with van der Waals surface area (Å²) in [6.07, 6.45) is 0. The van der Waals surface area contributed by atoms with Crippen molar-refractivity contribution < 1.29 is 6.22 Å². The van der Waals surface area contributed by atoms with Gasteiger partial charge in [-0.15, -0.1) is 0 Å². The third kappa shape index (κ3) is 2.50. The summed E-state index contributed by atoms with van der Waals surface area (Å²) in [6, 6.07) is 0. The lowest BCUT2D eigenvalue weighted by molar-refractivity contribution is -0.127. The minimum atomic E-state index is -0.0906. The van der Waals surface area contributed by atoms with Gasteiger partial charge in [0, 0.05) is 20.1 Å². The summed E-state index contributed by atoms with van der Waals surface area (Å²) < 4.78 is 0. The molecule has 66 valence electrons. The van der Waals surface area contributed by atoms with Crippen LogP contribution in [-0.2, 0) is 4.79 Å². The topological polar surface area (TPSA) is 41.1 Å². The molecular formula is C8H18N2O. The van der Waals surface area contributed by atoms with Crippen LogP contribution >= 0.6 is 0 Å². The number of hydrogen-bond donors (Lipinski definition) is 2. The van der Waals surface area contributed by atoms with Crippen molar-refractivity contribution in [3.05, 3.63) is 0 Å². The lowest BCUT2D eigenvalue weighted by Gasteiger charge is -2.30. The first-order chi connectivity index (χ1) is 4.99. The van der Waals surface area contributed by atoms with Gasteiger partial charge in [-0.2, -0.15) is 0 Å². The zero-order valence-corrected chi connectivity index (χ0v) is 7.40. The highest BCUT2D eigenvalue weighted by atomic mass is 16.2. The van der Waals surface area contributed by atoms with Crippen molar-refractivity contribution in [2.45, 2.75) is 26.3 Å². The first-order valence-electron chi connectivity index (χ1n) is 4.02. The van der Waals surface area contributed by atoms with Crippen molar-refractivity contribution in [1.82, 2.24) is 10.6 Å². The van der Waals surface area contributed by atoms with Crippen LogP contribution in [0.2, 0.25) is 0 Å². The molecule has 1 heterocycles. The molecule has 1 aliphatic rings. The molecule has 0 aliphatic carbocycles. The Bertz CT molecular complexity index is 161. The zero-order valence-electron chi connectivity index (χ0n) is 7.40. The van der Waals surface area contributed by atoms with Crippen LogP contribution in [-0.4, -0.2) is 24.5 Å². The molecule has 0 radical (unpaired) electrons. The van der Waals surface area contributed by atoms with Crippen LogP contribution in [0.25, 0.3) is 0 Å². The predicted octanol–water partition coefficient (Wildman–Crippen LogP) is 0.366. The second-order valence-corrected chi connectivity index (χ2v) is 4.09. The van der Waals surface area contributed by atoms with E-state index in [0.29, 0.717) is 0 Å². The molecule has 1 fully saturated rings. The molecule has 0 aromatic heterocycles. The Morgan fingerprint density at radius 1 is 1.55 bits per heavy atom. The highest BCUT2D eigenvalue weighted by Gasteiger charge is 2.27. The van der Waals surface area contributed by atoms with Gasteiger partial charge in [-0.05, 0) is 20.8 Å². The predicted molar refractivity (Wildman–Crippen MR) is 46.4 cm³/mol. The van der Waals surface area contributed by atoms with E-state index in [4.69, 9.17) is 0 Å². The van der Waals surface area contributed by atoms with Gasteiger partial charge < -0.3 is 10.6 Å². The summed E-state index contributed by atoms with van der Waals surface area (Å²) >= 11 is 0. The van der Waals surface area contributed by atoms with Crippen molar-refractivity contribution in [2.24, 2.45) is 5.92 Å². The Hall–Kier alpha value is -0.570. The fourth-order valence-corrected chi connectivity index (χ4v) is 0.946. The molecule has 11 heavy (non-hydrogen) atoms. The van der Waals surface area contributed by atoms with Crippen molar-refractivity contribution in [3.63, 3.8) is 0 Å². The van der Waals surface area contributed by atoms with Gasteiger partial charge in [-0.25, -0.2) is 0 Å². The molecule has 0 aromatic carbocycles. The molecule has 0 spiro atoms. The van der Waals surface area contributed by atoms with E-state index in [1.807, 2.05) is 20.8 Å². The third-order valence-corrected chi connectivity index (χ3v) is 1.65. The Kier molecular flexibility index (Phi) is 2.18. The van der Waals surface area contributed by atoms with Crippen LogP contribution in [0.1, 0.15) is 22.2 Å². The van der Waals surface area contributed by atoms with Crippen LogP contribution in [0.5, 0.6) is 0 Å². The molecule has 1 rings (SSSR count). The van der Waals surface area contributed by atoms with Gasteiger partial charge in [0.05, 0.1) is 5.92 Å². The fourth-order valence-electron chi connectivity index (χ4n) is 0.946. The minimum absolute atomic E-state index is 0. The monoisotopic (exact) mass is 158 g/mol. The normalized spacial score (nSPS) is 19.2. The number of amides is 1. The van der Waals surface area contributed by atoms with Gasteiger partial charge >= 0.3 is 0 Å². The quantitative estimate of drug-likeness (QED) is 0.579. The van der Waals surface area contributed by atoms with E-state index in [0.717, 1.165) is 13.1 Å². The summed E-state index contributed by atoms with van der Waals surface area (Å²) in [7, 11) is 0. The minimum Gasteiger partial charge on any atom is -0.351 e. The lowest BCUT2D eigenvalue weighted by atomic mass is 10.0. The van der Waals surface area contributed by atoms with Crippen LogP contribution in [0.15, 0.2) is 0 Å². The Morgan fingerprint density at radius 3 is 2.36 bits per heavy atom. The first-order valence-corrected chi connectivity index (χ1v) is 4.02. The standard InChI is InChI=1S/C8H16N2O.H2/c1-8(2,3)10-7(11)6-4-9-5-6;/h6,9H,4-5H2,1-3H3,(H,10,11);1H. The molecule has 3 heteroatoms. The zero-order chi connectivity index (χ0) is 8.48. The Labute approximate surface area is 69.0 Å². The molecule has 2 N–H and O–H groups in total. The Balaban J connectivity index is 0.00000121. The van der Waals surface area contributed by atoms with E-state index >= 15 is 0 Å². The second-order valence-electron chi connectivity index (χ2n) is 4.09. The van der Waals surface area contributed by atoms with E-state index in [9.17, 15) is 4.79 Å². The van der Waals surface area contributed by atoms with Crippen LogP contribution < -0.4 is 10.6 Å². The SMILES string of the molecule is CC(C)(C)NC(=O)C1CNC1.[HH]. The molecule has 1 aliphatic heterocycles. The van der Waals surface area contributed by atoms with Crippen LogP contribution in [0.3, 0.4) is 0 Å². The van der Waals surface area contributed by atoms with Crippen molar-refractivity contribution in [1.29, 1.82) is 0 Å². The average molecular weight is 158 g/mol. The van der Waals surface area contributed by atoms with E-state index in [-0.39, 0.29) is 18.8 Å². The molecular weight excluding hydrogens is 140 g/mol. The number of hydrogen-bond acceptors (Lipinski definition) is 2. The first kappa shape index (κ1) is 8.53. The molecule has 0 saturated carbocycles. The van der Waals surface area contributed by atoms with Gasteiger partial charge in [0.25, 0.3) is 0 Å². The Morgan fingerprint density at radius 2 is 2.09 bits per heavy atom. The van der Waals surface area contributed by atoms with Crippen molar-refractivity contribution in [2.75, 3.05) is 13.1 Å². The second kappa shape index (κ2) is 2.81. The van der Waals surface area contributed by atoms with E-state index in [1.165, 1.54) is 0 Å². The number of rotatable bonds is 1. The molecule has 1 saturated heterocycles. The van der Waals surface area contributed by atoms with E-state index in [2.05, 4.69) is 10.6 Å². The summed E-state index contributed by atoms with van der Waals surface area (Å²) in [5, 5.41) is 6.01. The highest BCUT2D eigenvalue weighted by Crippen LogP contribution is 2.06. The molecule has 1 amide bonds. The van der Waals surface area contributed by atoms with Crippen molar-refractivity contribution in [3.8, 4) is 0 Å². The molecule has 0 atom stereocenters. The smallest absolute Gasteiger partial charge is 0.226 e. The fraction of sp³-hybridized carbons (Fsp3) is 0.875. The van der Waals surface area contributed by atoms with Gasteiger partial charge in [-0.1, -0.05) is 0 Å². The maximum absolute atomic E-state index is 11.3. The summed E-state index contributed by atoms with van der Waals surface area (Å²) in [6.45, 7) is 7.66. The van der Waals surface area contributed by atoms with Gasteiger partial charge in [0.15, 0.2) is 0 Å².